The Labute approximate surface area is 146 Å². The summed E-state index contributed by atoms with van der Waals surface area (Å²) in [5.74, 6) is 1.46. The number of aromatic nitrogens is 3. The molecule has 6 heteroatoms. The van der Waals surface area contributed by atoms with E-state index in [0.717, 1.165) is 30.5 Å². The summed E-state index contributed by atoms with van der Waals surface area (Å²) in [4.78, 5) is 9.10. The molecule has 0 fully saturated rings. The van der Waals surface area contributed by atoms with Crippen molar-refractivity contribution in [1.29, 1.82) is 0 Å². The Morgan fingerprint density at radius 1 is 1.12 bits per heavy atom. The van der Waals surface area contributed by atoms with Crippen LogP contribution >= 0.6 is 0 Å². The highest BCUT2D eigenvalue weighted by Crippen LogP contribution is 2.38. The van der Waals surface area contributed by atoms with Gasteiger partial charge in [0.2, 0.25) is 17.7 Å². The normalized spacial score (nSPS) is 16.7. The molecule has 0 spiro atoms. The van der Waals surface area contributed by atoms with E-state index in [1.54, 1.807) is 20.3 Å². The summed E-state index contributed by atoms with van der Waals surface area (Å²) >= 11 is 0. The number of nitrogens with zero attached hydrogens (tertiary/aromatic N) is 3. The summed E-state index contributed by atoms with van der Waals surface area (Å²) in [5.41, 5.74) is 11.2. The lowest BCUT2D eigenvalue weighted by atomic mass is 9.92. The highest BCUT2D eigenvalue weighted by molar-refractivity contribution is 5.88. The lowest BCUT2D eigenvalue weighted by Crippen LogP contribution is -2.21. The number of ether oxygens (including phenoxy) is 2. The Kier molecular flexibility index (Phi) is 3.84. The van der Waals surface area contributed by atoms with Crippen LogP contribution in [0.3, 0.4) is 0 Å². The van der Waals surface area contributed by atoms with Crippen LogP contribution in [0.15, 0.2) is 24.3 Å². The van der Waals surface area contributed by atoms with E-state index in [-0.39, 0.29) is 6.04 Å². The van der Waals surface area contributed by atoms with Crippen LogP contribution in [0.5, 0.6) is 11.8 Å². The van der Waals surface area contributed by atoms with Crippen molar-refractivity contribution in [1.82, 2.24) is 14.5 Å². The molecule has 6 nitrogen and oxygen atoms in total. The van der Waals surface area contributed by atoms with Crippen molar-refractivity contribution in [3.63, 3.8) is 0 Å². The second-order valence-electron chi connectivity index (χ2n) is 6.47. The predicted octanol–water partition coefficient (Wildman–Crippen LogP) is 3.08. The fourth-order valence-corrected chi connectivity index (χ4v) is 3.69. The van der Waals surface area contributed by atoms with Gasteiger partial charge in [0.1, 0.15) is 0 Å². The highest BCUT2D eigenvalue weighted by Gasteiger charge is 2.27. The molecule has 130 valence electrons. The Balaban J connectivity index is 2.06. The van der Waals surface area contributed by atoms with E-state index in [1.807, 2.05) is 0 Å². The zero-order chi connectivity index (χ0) is 17.6. The first-order valence-corrected chi connectivity index (χ1v) is 8.49. The largest absolute Gasteiger partial charge is 0.481 e. The van der Waals surface area contributed by atoms with Crippen molar-refractivity contribution in [3.8, 4) is 17.7 Å². The number of benzene rings is 1. The van der Waals surface area contributed by atoms with Gasteiger partial charge in [0.05, 0.1) is 25.8 Å². The predicted molar refractivity (Wildman–Crippen MR) is 96.6 cm³/mol. The molecule has 2 N–H and O–H groups in total. The van der Waals surface area contributed by atoms with Crippen molar-refractivity contribution in [2.75, 3.05) is 14.2 Å². The van der Waals surface area contributed by atoms with Crippen LogP contribution in [-0.4, -0.2) is 28.8 Å². The van der Waals surface area contributed by atoms with Crippen LogP contribution in [0.25, 0.3) is 16.9 Å². The lowest BCUT2D eigenvalue weighted by molar-refractivity contribution is 0.370. The van der Waals surface area contributed by atoms with Gasteiger partial charge >= 0.3 is 0 Å². The van der Waals surface area contributed by atoms with E-state index < -0.39 is 0 Å². The van der Waals surface area contributed by atoms with Crippen molar-refractivity contribution in [3.05, 3.63) is 41.1 Å². The molecule has 0 radical (unpaired) electrons. The Morgan fingerprint density at radius 3 is 2.52 bits per heavy atom. The van der Waals surface area contributed by atoms with Crippen LogP contribution in [0.4, 0.5) is 0 Å². The van der Waals surface area contributed by atoms with Gasteiger partial charge in [-0.1, -0.05) is 11.6 Å². The maximum atomic E-state index is 6.49. The van der Waals surface area contributed by atoms with E-state index in [2.05, 4.69) is 39.7 Å². The monoisotopic (exact) mass is 338 g/mol. The Hall–Kier alpha value is -2.60. The molecule has 2 heterocycles. The summed E-state index contributed by atoms with van der Waals surface area (Å²) < 4.78 is 12.7. The van der Waals surface area contributed by atoms with Gasteiger partial charge in [-0.2, -0.15) is 9.97 Å². The minimum Gasteiger partial charge on any atom is -0.481 e. The number of hydrogen-bond acceptors (Lipinski definition) is 5. The van der Waals surface area contributed by atoms with Crippen LogP contribution in [-0.2, 0) is 6.42 Å². The zero-order valence-electron chi connectivity index (χ0n) is 14.7. The minimum atomic E-state index is -0.0303. The minimum absolute atomic E-state index is 0.0303. The van der Waals surface area contributed by atoms with Gasteiger partial charge in [0, 0.05) is 17.1 Å². The van der Waals surface area contributed by atoms with Crippen LogP contribution < -0.4 is 15.2 Å². The molecule has 0 saturated carbocycles. The molecule has 1 aliphatic rings. The summed E-state index contributed by atoms with van der Waals surface area (Å²) in [6.45, 7) is 2.11. The molecule has 3 aromatic rings. The van der Waals surface area contributed by atoms with Crippen molar-refractivity contribution in [2.24, 2.45) is 5.73 Å². The second-order valence-corrected chi connectivity index (χ2v) is 6.47. The van der Waals surface area contributed by atoms with Crippen molar-refractivity contribution >= 4 is 10.9 Å². The molecule has 0 amide bonds. The Bertz CT molecular complexity index is 926. The fraction of sp³-hybridized carbons (Fsp3) is 0.368. The number of fused-ring (bicyclic) bond motifs is 3. The molecular weight excluding hydrogens is 316 g/mol. The van der Waals surface area contributed by atoms with Crippen LogP contribution in [0.2, 0.25) is 0 Å². The Morgan fingerprint density at radius 2 is 1.84 bits per heavy atom. The van der Waals surface area contributed by atoms with Gasteiger partial charge in [0.25, 0.3) is 0 Å². The molecule has 0 aliphatic heterocycles. The lowest BCUT2D eigenvalue weighted by Gasteiger charge is -2.21. The third-order valence-corrected chi connectivity index (χ3v) is 4.85. The van der Waals surface area contributed by atoms with E-state index in [9.17, 15) is 0 Å². The average Bonchev–Trinajstić information content (AvgIpc) is 2.96. The maximum Gasteiger partial charge on any atom is 0.241 e. The quantitative estimate of drug-likeness (QED) is 0.794. The summed E-state index contributed by atoms with van der Waals surface area (Å²) in [7, 11) is 3.17. The van der Waals surface area contributed by atoms with E-state index in [0.29, 0.717) is 17.7 Å². The molecule has 1 aromatic carbocycles. The second kappa shape index (κ2) is 6.04. The molecule has 1 aliphatic carbocycles. The molecule has 1 atom stereocenters. The number of rotatable bonds is 3. The van der Waals surface area contributed by atoms with E-state index in [4.69, 9.17) is 15.2 Å². The van der Waals surface area contributed by atoms with Gasteiger partial charge in [-0.25, -0.2) is 0 Å². The topological polar surface area (TPSA) is 75.2 Å². The maximum absolute atomic E-state index is 6.49. The van der Waals surface area contributed by atoms with Crippen molar-refractivity contribution < 1.29 is 9.47 Å². The molecule has 4 rings (SSSR count). The smallest absolute Gasteiger partial charge is 0.241 e. The fourth-order valence-electron chi connectivity index (χ4n) is 3.69. The highest BCUT2D eigenvalue weighted by atomic mass is 16.5. The van der Waals surface area contributed by atoms with Crippen molar-refractivity contribution in [2.45, 2.75) is 32.2 Å². The van der Waals surface area contributed by atoms with E-state index >= 15 is 0 Å². The standard InChI is InChI=1S/C19H22N4O2/c1-11-7-8-15-13(9-11)12-5-4-6-14(20)18(12)23(15)19-21-16(24-2)10-17(22-19)25-3/h7-10,14H,4-6,20H2,1-3H3. The molecule has 0 bridgehead atoms. The molecule has 0 saturated heterocycles. The molecular formula is C19H22N4O2. The first-order chi connectivity index (χ1) is 12.1. The first-order valence-electron chi connectivity index (χ1n) is 8.49. The zero-order valence-corrected chi connectivity index (χ0v) is 14.7. The third-order valence-electron chi connectivity index (χ3n) is 4.85. The van der Waals surface area contributed by atoms with Gasteiger partial charge in [-0.3, -0.25) is 4.57 Å². The molecule has 2 aromatic heterocycles. The number of aryl methyl sites for hydroxylation is 2. The number of methoxy groups -OCH3 is 2. The van der Waals surface area contributed by atoms with Gasteiger partial charge in [0.15, 0.2) is 0 Å². The van der Waals surface area contributed by atoms with E-state index in [1.165, 1.54) is 16.5 Å². The van der Waals surface area contributed by atoms with Gasteiger partial charge in [-0.15, -0.1) is 0 Å². The SMILES string of the molecule is COc1cc(OC)nc(-n2c3c(c4cc(C)ccc42)CCCC3N)n1. The first kappa shape index (κ1) is 15.9. The number of hydrogen-bond donors (Lipinski definition) is 1. The van der Waals surface area contributed by atoms with Crippen LogP contribution in [0, 0.1) is 6.92 Å². The summed E-state index contributed by atoms with van der Waals surface area (Å²) in [5, 5.41) is 1.23. The summed E-state index contributed by atoms with van der Waals surface area (Å²) in [6.07, 6.45) is 3.09. The van der Waals surface area contributed by atoms with Gasteiger partial charge < -0.3 is 15.2 Å². The summed E-state index contributed by atoms with van der Waals surface area (Å²) in [6, 6.07) is 8.08. The van der Waals surface area contributed by atoms with Crippen LogP contribution in [0.1, 0.15) is 35.7 Å². The average molecular weight is 338 g/mol. The van der Waals surface area contributed by atoms with Gasteiger partial charge in [-0.05, 0) is 43.9 Å². The third kappa shape index (κ3) is 2.53. The molecule has 25 heavy (non-hydrogen) atoms. The molecule has 1 unspecified atom stereocenters. The number of nitrogens with two attached hydrogens (primary N) is 1.